The number of fused-ring (bicyclic) bond motifs is 1. The fraction of sp³-hybridized carbons (Fsp3) is 0.471. The molecule has 4 rings (SSSR count). The van der Waals surface area contributed by atoms with E-state index in [1.165, 1.54) is 12.1 Å². The Morgan fingerprint density at radius 3 is 2.56 bits per heavy atom. The Hall–Kier alpha value is -1.99. The molecule has 2 aliphatic rings. The van der Waals surface area contributed by atoms with Crippen molar-refractivity contribution < 1.29 is 9.18 Å². The van der Waals surface area contributed by atoms with E-state index in [1.807, 2.05) is 4.90 Å². The smallest absolute Gasteiger partial charge is 0.253 e. The third kappa shape index (κ3) is 3.52. The van der Waals surface area contributed by atoms with E-state index in [9.17, 15) is 9.18 Å². The molecule has 3 heterocycles. The van der Waals surface area contributed by atoms with Gasteiger partial charge in [0.25, 0.3) is 5.91 Å². The molecule has 1 saturated heterocycles. The number of likely N-dealkylation sites (tertiary alicyclic amines) is 1. The van der Waals surface area contributed by atoms with E-state index in [0.717, 1.165) is 44.1 Å². The highest BCUT2D eigenvalue weighted by Gasteiger charge is 2.29. The van der Waals surface area contributed by atoms with E-state index in [1.54, 1.807) is 12.1 Å². The molecule has 1 N–H and O–H groups in total. The lowest BCUT2D eigenvalue weighted by Crippen LogP contribution is -2.38. The van der Waals surface area contributed by atoms with Gasteiger partial charge in [-0.2, -0.15) is 0 Å². The number of halogens is 2. The molecule has 0 atom stereocenters. The zero-order valence-corrected chi connectivity index (χ0v) is 14.6. The van der Waals surface area contributed by atoms with Crippen LogP contribution in [-0.2, 0) is 13.1 Å². The lowest BCUT2D eigenvalue weighted by molar-refractivity contribution is 0.0710. The fourth-order valence-electron chi connectivity index (χ4n) is 3.53. The summed E-state index contributed by atoms with van der Waals surface area (Å²) < 4.78 is 15.2. The molecule has 1 aromatic heterocycles. The molecule has 0 bridgehead atoms. The number of rotatable bonds is 2. The first kappa shape index (κ1) is 17.8. The minimum atomic E-state index is -0.323. The summed E-state index contributed by atoms with van der Waals surface area (Å²) in [5, 5.41) is 12.0. The largest absolute Gasteiger partial charge is 0.339 e. The van der Waals surface area contributed by atoms with Crippen LogP contribution >= 0.6 is 12.4 Å². The molecule has 0 unspecified atom stereocenters. The van der Waals surface area contributed by atoms with Gasteiger partial charge in [-0.15, -0.1) is 22.6 Å². The SMILES string of the molecule is Cl.O=C(c1ccc(F)cc1)N1CCC(c2nnc3n2CCNC3)CC1. The summed E-state index contributed by atoms with van der Waals surface area (Å²) in [6.45, 7) is 4.02. The van der Waals surface area contributed by atoms with Gasteiger partial charge in [-0.1, -0.05) is 0 Å². The van der Waals surface area contributed by atoms with Gasteiger partial charge in [-0.25, -0.2) is 4.39 Å². The van der Waals surface area contributed by atoms with Gasteiger partial charge < -0.3 is 14.8 Å². The van der Waals surface area contributed by atoms with Gasteiger partial charge >= 0.3 is 0 Å². The normalized spacial score (nSPS) is 17.7. The standard InChI is InChI=1S/C17H20FN5O.ClH/c18-14-3-1-13(2-4-14)17(24)22-8-5-12(6-9-22)16-21-20-15-11-19-7-10-23(15)16;/h1-4,12,19H,5-11H2;1H. The summed E-state index contributed by atoms with van der Waals surface area (Å²) in [4.78, 5) is 14.3. The first-order chi connectivity index (χ1) is 11.7. The third-order valence-electron chi connectivity index (χ3n) is 4.89. The van der Waals surface area contributed by atoms with Gasteiger partial charge in [0.15, 0.2) is 0 Å². The van der Waals surface area contributed by atoms with Gasteiger partial charge in [0.05, 0.1) is 6.54 Å². The third-order valence-corrected chi connectivity index (χ3v) is 4.89. The summed E-state index contributed by atoms with van der Waals surface area (Å²) in [5.74, 6) is 2.06. The second-order valence-corrected chi connectivity index (χ2v) is 6.38. The molecule has 25 heavy (non-hydrogen) atoms. The Kier molecular flexibility index (Phi) is 5.34. The zero-order valence-electron chi connectivity index (χ0n) is 13.8. The highest BCUT2D eigenvalue weighted by molar-refractivity contribution is 5.94. The van der Waals surface area contributed by atoms with E-state index in [4.69, 9.17) is 0 Å². The maximum atomic E-state index is 13.0. The molecule has 0 spiro atoms. The minimum Gasteiger partial charge on any atom is -0.339 e. The molecule has 8 heteroatoms. The molecule has 1 fully saturated rings. The van der Waals surface area contributed by atoms with Crippen LogP contribution < -0.4 is 5.32 Å². The Labute approximate surface area is 151 Å². The van der Waals surface area contributed by atoms with Crippen molar-refractivity contribution in [3.8, 4) is 0 Å². The summed E-state index contributed by atoms with van der Waals surface area (Å²) >= 11 is 0. The molecule has 1 amide bonds. The number of amides is 1. The highest BCUT2D eigenvalue weighted by Crippen LogP contribution is 2.28. The van der Waals surface area contributed by atoms with Crippen molar-refractivity contribution in [3.63, 3.8) is 0 Å². The second kappa shape index (κ2) is 7.49. The average molecular weight is 366 g/mol. The number of benzene rings is 1. The first-order valence-electron chi connectivity index (χ1n) is 8.40. The van der Waals surface area contributed by atoms with Gasteiger partial charge in [-0.3, -0.25) is 4.79 Å². The molecular weight excluding hydrogens is 345 g/mol. The Morgan fingerprint density at radius 1 is 1.12 bits per heavy atom. The number of carbonyl (C=O) groups excluding carboxylic acids is 1. The molecule has 6 nitrogen and oxygen atoms in total. The van der Waals surface area contributed by atoms with Crippen molar-refractivity contribution >= 4 is 18.3 Å². The van der Waals surface area contributed by atoms with E-state index < -0.39 is 0 Å². The number of hydrogen-bond acceptors (Lipinski definition) is 4. The maximum absolute atomic E-state index is 13.0. The summed E-state index contributed by atoms with van der Waals surface area (Å²) in [6, 6.07) is 5.75. The molecule has 2 aromatic rings. The molecule has 0 saturated carbocycles. The molecule has 134 valence electrons. The summed E-state index contributed by atoms with van der Waals surface area (Å²) in [7, 11) is 0. The van der Waals surface area contributed by atoms with Crippen molar-refractivity contribution in [1.82, 2.24) is 25.0 Å². The maximum Gasteiger partial charge on any atom is 0.253 e. The van der Waals surface area contributed by atoms with Crippen molar-refractivity contribution in [1.29, 1.82) is 0 Å². The first-order valence-corrected chi connectivity index (χ1v) is 8.40. The number of aromatic nitrogens is 3. The highest BCUT2D eigenvalue weighted by atomic mass is 35.5. The monoisotopic (exact) mass is 365 g/mol. The number of hydrogen-bond donors (Lipinski definition) is 1. The molecule has 0 radical (unpaired) electrons. The zero-order chi connectivity index (χ0) is 16.5. The summed E-state index contributed by atoms with van der Waals surface area (Å²) in [6.07, 6.45) is 1.77. The minimum absolute atomic E-state index is 0. The summed E-state index contributed by atoms with van der Waals surface area (Å²) in [5.41, 5.74) is 0.542. The van der Waals surface area contributed by atoms with Crippen molar-refractivity contribution in [2.24, 2.45) is 0 Å². The van der Waals surface area contributed by atoms with E-state index in [0.29, 0.717) is 24.6 Å². The Balaban J connectivity index is 0.00000182. The predicted octanol–water partition coefficient (Wildman–Crippen LogP) is 1.96. The van der Waals surface area contributed by atoms with Crippen LogP contribution in [0.5, 0.6) is 0 Å². The van der Waals surface area contributed by atoms with Gasteiger partial charge in [0.1, 0.15) is 17.5 Å². The average Bonchev–Trinajstić information content (AvgIpc) is 3.06. The van der Waals surface area contributed by atoms with Crippen LogP contribution in [-0.4, -0.2) is 45.2 Å². The van der Waals surface area contributed by atoms with E-state index >= 15 is 0 Å². The molecule has 1 aromatic carbocycles. The van der Waals surface area contributed by atoms with Gasteiger partial charge in [-0.05, 0) is 37.1 Å². The quantitative estimate of drug-likeness (QED) is 0.883. The Bertz CT molecular complexity index is 740. The van der Waals surface area contributed by atoms with E-state index in [-0.39, 0.29) is 24.1 Å². The lowest BCUT2D eigenvalue weighted by atomic mass is 9.95. The van der Waals surface area contributed by atoms with E-state index in [2.05, 4.69) is 20.1 Å². The molecule has 0 aliphatic carbocycles. The Morgan fingerprint density at radius 2 is 1.84 bits per heavy atom. The van der Waals surface area contributed by atoms with Gasteiger partial charge in [0, 0.05) is 37.7 Å². The topological polar surface area (TPSA) is 63.1 Å². The van der Waals surface area contributed by atoms with Crippen LogP contribution in [0.1, 0.15) is 40.8 Å². The number of carbonyl (C=O) groups is 1. The fourth-order valence-corrected chi connectivity index (χ4v) is 3.53. The lowest BCUT2D eigenvalue weighted by Gasteiger charge is -2.32. The molecular formula is C17H21ClFN5O. The number of nitrogens with one attached hydrogen (secondary N) is 1. The van der Waals surface area contributed by atoms with Crippen molar-refractivity contribution in [2.45, 2.75) is 31.8 Å². The van der Waals surface area contributed by atoms with Crippen LogP contribution in [0.25, 0.3) is 0 Å². The number of nitrogens with zero attached hydrogens (tertiary/aromatic N) is 4. The number of piperidine rings is 1. The van der Waals surface area contributed by atoms with Crippen molar-refractivity contribution in [2.75, 3.05) is 19.6 Å². The van der Waals surface area contributed by atoms with Crippen LogP contribution in [0.3, 0.4) is 0 Å². The van der Waals surface area contributed by atoms with Crippen LogP contribution in [0.15, 0.2) is 24.3 Å². The van der Waals surface area contributed by atoms with Crippen LogP contribution in [0.2, 0.25) is 0 Å². The predicted molar refractivity (Wildman–Crippen MR) is 93.3 cm³/mol. The van der Waals surface area contributed by atoms with Crippen molar-refractivity contribution in [3.05, 3.63) is 47.3 Å². The van der Waals surface area contributed by atoms with Crippen LogP contribution in [0, 0.1) is 5.82 Å². The van der Waals surface area contributed by atoms with Crippen LogP contribution in [0.4, 0.5) is 4.39 Å². The van der Waals surface area contributed by atoms with Gasteiger partial charge in [0.2, 0.25) is 0 Å². The second-order valence-electron chi connectivity index (χ2n) is 6.38. The molecule has 2 aliphatic heterocycles.